The predicted molar refractivity (Wildman–Crippen MR) is 49.2 cm³/mol. The highest BCUT2D eigenvalue weighted by Gasteiger charge is 2.10. The monoisotopic (exact) mass is 193 g/mol. The third-order valence-electron chi connectivity index (χ3n) is 1.95. The average Bonchev–Trinajstić information content (AvgIpc) is 2.75. The Bertz CT molecular complexity index is 390. The van der Waals surface area contributed by atoms with Crippen molar-refractivity contribution in [2.45, 2.75) is 19.5 Å². The molecule has 74 valence electrons. The molecule has 2 aromatic heterocycles. The first kappa shape index (κ1) is 8.67. The molecule has 0 saturated carbocycles. The molecule has 0 aliphatic rings. The lowest BCUT2D eigenvalue weighted by molar-refractivity contribution is 0.402. The summed E-state index contributed by atoms with van der Waals surface area (Å²) in [6, 6.07) is 1.96. The van der Waals surface area contributed by atoms with E-state index >= 15 is 0 Å². The SMILES string of the molecule is CC(Cn1cccn1)n1nnnc1N. The van der Waals surface area contributed by atoms with Gasteiger partial charge in [-0.15, -0.1) is 0 Å². The fourth-order valence-electron chi connectivity index (χ4n) is 1.27. The van der Waals surface area contributed by atoms with Crippen LogP contribution in [-0.2, 0) is 6.54 Å². The molecule has 7 nitrogen and oxygen atoms in total. The van der Waals surface area contributed by atoms with Crippen molar-refractivity contribution >= 4 is 5.95 Å². The van der Waals surface area contributed by atoms with Crippen molar-refractivity contribution in [2.75, 3.05) is 5.73 Å². The molecule has 7 heteroatoms. The molecule has 0 radical (unpaired) electrons. The van der Waals surface area contributed by atoms with Crippen LogP contribution >= 0.6 is 0 Å². The van der Waals surface area contributed by atoms with E-state index in [1.165, 1.54) is 0 Å². The average molecular weight is 193 g/mol. The standard InChI is InChI=1S/C7H11N7/c1-6(5-13-4-2-3-9-13)14-7(8)10-11-12-14/h2-4,6H,5H2,1H3,(H2,8,10,12). The summed E-state index contributed by atoms with van der Waals surface area (Å²) in [4.78, 5) is 0. The summed E-state index contributed by atoms with van der Waals surface area (Å²) in [5.74, 6) is 0.324. The van der Waals surface area contributed by atoms with Gasteiger partial charge in [0.2, 0.25) is 5.95 Å². The molecule has 0 aromatic carbocycles. The van der Waals surface area contributed by atoms with Gasteiger partial charge in [-0.1, -0.05) is 5.10 Å². The fraction of sp³-hybridized carbons (Fsp3) is 0.429. The normalized spacial score (nSPS) is 12.9. The van der Waals surface area contributed by atoms with E-state index in [9.17, 15) is 0 Å². The van der Waals surface area contributed by atoms with E-state index in [0.29, 0.717) is 12.5 Å². The summed E-state index contributed by atoms with van der Waals surface area (Å²) in [7, 11) is 0. The van der Waals surface area contributed by atoms with E-state index in [2.05, 4.69) is 20.6 Å². The molecule has 0 aliphatic carbocycles. The Morgan fingerprint density at radius 1 is 1.57 bits per heavy atom. The third-order valence-corrected chi connectivity index (χ3v) is 1.95. The number of nitrogen functional groups attached to an aromatic ring is 1. The van der Waals surface area contributed by atoms with Crippen LogP contribution in [0.3, 0.4) is 0 Å². The highest BCUT2D eigenvalue weighted by molar-refractivity contribution is 5.10. The van der Waals surface area contributed by atoms with Gasteiger partial charge < -0.3 is 5.73 Å². The van der Waals surface area contributed by atoms with Crippen molar-refractivity contribution in [1.29, 1.82) is 0 Å². The van der Waals surface area contributed by atoms with Crippen LogP contribution in [0, 0.1) is 0 Å². The van der Waals surface area contributed by atoms with E-state index in [1.54, 1.807) is 10.9 Å². The van der Waals surface area contributed by atoms with Crippen LogP contribution in [0.25, 0.3) is 0 Å². The molecule has 0 amide bonds. The Balaban J connectivity index is 2.10. The summed E-state index contributed by atoms with van der Waals surface area (Å²) in [5, 5.41) is 15.0. The van der Waals surface area contributed by atoms with Gasteiger partial charge in [0.1, 0.15) is 0 Å². The van der Waals surface area contributed by atoms with E-state index in [-0.39, 0.29) is 6.04 Å². The maximum absolute atomic E-state index is 5.57. The van der Waals surface area contributed by atoms with Crippen molar-refractivity contribution in [3.63, 3.8) is 0 Å². The van der Waals surface area contributed by atoms with Gasteiger partial charge in [-0.25, -0.2) is 4.68 Å². The highest BCUT2D eigenvalue weighted by Crippen LogP contribution is 2.08. The van der Waals surface area contributed by atoms with E-state index in [0.717, 1.165) is 0 Å². The molecule has 0 saturated heterocycles. The number of hydrogen-bond donors (Lipinski definition) is 1. The zero-order valence-electron chi connectivity index (χ0n) is 7.78. The molecule has 2 N–H and O–H groups in total. The van der Waals surface area contributed by atoms with Crippen LogP contribution in [-0.4, -0.2) is 30.0 Å². The lowest BCUT2D eigenvalue weighted by atomic mass is 10.3. The number of nitrogens with two attached hydrogens (primary N) is 1. The lowest BCUT2D eigenvalue weighted by Crippen LogP contribution is -2.16. The third kappa shape index (κ3) is 1.56. The van der Waals surface area contributed by atoms with Crippen molar-refractivity contribution in [2.24, 2.45) is 0 Å². The second-order valence-electron chi connectivity index (χ2n) is 3.06. The first-order valence-corrected chi connectivity index (χ1v) is 4.28. The van der Waals surface area contributed by atoms with Gasteiger partial charge in [-0.2, -0.15) is 5.10 Å². The summed E-state index contributed by atoms with van der Waals surface area (Å²) in [5.41, 5.74) is 5.57. The number of nitrogens with zero attached hydrogens (tertiary/aromatic N) is 6. The molecule has 14 heavy (non-hydrogen) atoms. The number of rotatable bonds is 3. The molecule has 0 bridgehead atoms. The van der Waals surface area contributed by atoms with E-state index in [1.807, 2.05) is 23.9 Å². The first-order valence-electron chi connectivity index (χ1n) is 4.28. The Morgan fingerprint density at radius 3 is 3.00 bits per heavy atom. The number of aromatic nitrogens is 6. The Labute approximate surface area is 80.5 Å². The van der Waals surface area contributed by atoms with Crippen LogP contribution < -0.4 is 5.73 Å². The zero-order valence-corrected chi connectivity index (χ0v) is 7.78. The molecule has 2 aromatic rings. The largest absolute Gasteiger partial charge is 0.367 e. The van der Waals surface area contributed by atoms with Gasteiger partial charge in [0.05, 0.1) is 12.6 Å². The second-order valence-corrected chi connectivity index (χ2v) is 3.06. The van der Waals surface area contributed by atoms with Crippen LogP contribution in [0.15, 0.2) is 18.5 Å². The first-order chi connectivity index (χ1) is 6.77. The van der Waals surface area contributed by atoms with Gasteiger partial charge in [0.15, 0.2) is 0 Å². The molecule has 0 spiro atoms. The van der Waals surface area contributed by atoms with Crippen LogP contribution in [0.5, 0.6) is 0 Å². The quantitative estimate of drug-likeness (QED) is 0.723. The van der Waals surface area contributed by atoms with Gasteiger partial charge in [0, 0.05) is 12.4 Å². The van der Waals surface area contributed by atoms with E-state index < -0.39 is 0 Å². The fourth-order valence-corrected chi connectivity index (χ4v) is 1.27. The Kier molecular flexibility index (Phi) is 2.13. The molecule has 0 aliphatic heterocycles. The van der Waals surface area contributed by atoms with E-state index in [4.69, 9.17) is 5.73 Å². The second kappa shape index (κ2) is 3.44. The summed E-state index contributed by atoms with van der Waals surface area (Å²) < 4.78 is 3.38. The van der Waals surface area contributed by atoms with Gasteiger partial charge in [0.25, 0.3) is 0 Å². The number of tetrazole rings is 1. The van der Waals surface area contributed by atoms with Crippen molar-refractivity contribution in [3.05, 3.63) is 18.5 Å². The zero-order chi connectivity index (χ0) is 9.97. The molecular formula is C7H11N7. The lowest BCUT2D eigenvalue weighted by Gasteiger charge is -2.11. The summed E-state index contributed by atoms with van der Waals surface area (Å²) in [6.45, 7) is 2.68. The molecule has 1 atom stereocenters. The van der Waals surface area contributed by atoms with Crippen molar-refractivity contribution in [3.8, 4) is 0 Å². The van der Waals surface area contributed by atoms with Crippen molar-refractivity contribution in [1.82, 2.24) is 30.0 Å². The molecule has 2 heterocycles. The molecule has 2 rings (SSSR count). The van der Waals surface area contributed by atoms with Crippen LogP contribution in [0.1, 0.15) is 13.0 Å². The maximum atomic E-state index is 5.57. The topological polar surface area (TPSA) is 87.4 Å². The minimum absolute atomic E-state index is 0.0879. The maximum Gasteiger partial charge on any atom is 0.240 e. The molecule has 0 fully saturated rings. The number of hydrogen-bond acceptors (Lipinski definition) is 5. The predicted octanol–water partition coefficient (Wildman–Crippen LogP) is -0.287. The Morgan fingerprint density at radius 2 is 2.43 bits per heavy atom. The van der Waals surface area contributed by atoms with Gasteiger partial charge in [-0.05, 0) is 23.4 Å². The van der Waals surface area contributed by atoms with Gasteiger partial charge in [-0.3, -0.25) is 4.68 Å². The minimum atomic E-state index is 0.0879. The van der Waals surface area contributed by atoms with Gasteiger partial charge >= 0.3 is 0 Å². The summed E-state index contributed by atoms with van der Waals surface area (Å²) in [6.07, 6.45) is 3.62. The highest BCUT2D eigenvalue weighted by atomic mass is 15.6. The smallest absolute Gasteiger partial charge is 0.240 e. The van der Waals surface area contributed by atoms with Crippen molar-refractivity contribution < 1.29 is 0 Å². The molecular weight excluding hydrogens is 182 g/mol. The van der Waals surface area contributed by atoms with Crippen LogP contribution in [0.2, 0.25) is 0 Å². The van der Waals surface area contributed by atoms with Crippen LogP contribution in [0.4, 0.5) is 5.95 Å². The summed E-state index contributed by atoms with van der Waals surface area (Å²) >= 11 is 0. The number of anilines is 1. The Hall–Kier alpha value is -1.92. The minimum Gasteiger partial charge on any atom is -0.367 e. The molecule has 1 unspecified atom stereocenters.